The summed E-state index contributed by atoms with van der Waals surface area (Å²) in [5.74, 6) is 0.847. The van der Waals surface area contributed by atoms with E-state index in [2.05, 4.69) is 22.7 Å². The third kappa shape index (κ3) is 2.94. The third-order valence-electron chi connectivity index (χ3n) is 2.63. The normalized spacial score (nSPS) is 18.8. The Morgan fingerprint density at radius 2 is 2.33 bits per heavy atom. The molecule has 1 atom stereocenters. The number of amides is 1. The van der Waals surface area contributed by atoms with Gasteiger partial charge in [-0.3, -0.25) is 5.32 Å². The zero-order valence-electron chi connectivity index (χ0n) is 11.3. The molecule has 0 fully saturated rings. The number of nitrogens with zero attached hydrogens (tertiary/aromatic N) is 2. The number of anilines is 2. The standard InChI is InChI=1S/C12H20N4O2/c1-8-5-6-16-10(14-8)9(7-13-16)15-11(17)18-12(2,3)4/h7-8,14H,5-6H2,1-4H3,(H,15,17). The van der Waals surface area contributed by atoms with Crippen molar-refractivity contribution in [3.05, 3.63) is 6.20 Å². The van der Waals surface area contributed by atoms with Gasteiger partial charge in [-0.1, -0.05) is 0 Å². The van der Waals surface area contributed by atoms with Crippen LogP contribution < -0.4 is 10.6 Å². The number of carbonyl (C=O) groups excluding carboxylic acids is 1. The number of nitrogens with one attached hydrogen (secondary N) is 2. The average molecular weight is 252 g/mol. The van der Waals surface area contributed by atoms with Crippen LogP contribution in [0.5, 0.6) is 0 Å². The van der Waals surface area contributed by atoms with Gasteiger partial charge in [0, 0.05) is 12.6 Å². The van der Waals surface area contributed by atoms with Gasteiger partial charge in [0.05, 0.1) is 6.20 Å². The number of hydrogen-bond donors (Lipinski definition) is 2. The minimum atomic E-state index is -0.502. The number of ether oxygens (including phenoxy) is 1. The third-order valence-corrected chi connectivity index (χ3v) is 2.63. The molecule has 100 valence electrons. The topological polar surface area (TPSA) is 68.2 Å². The highest BCUT2D eigenvalue weighted by Crippen LogP contribution is 2.26. The van der Waals surface area contributed by atoms with Gasteiger partial charge in [-0.25, -0.2) is 9.48 Å². The fraction of sp³-hybridized carbons (Fsp3) is 0.667. The maximum atomic E-state index is 11.7. The molecular weight excluding hydrogens is 232 g/mol. The van der Waals surface area contributed by atoms with Crippen molar-refractivity contribution in [3.63, 3.8) is 0 Å². The molecule has 0 aliphatic carbocycles. The maximum absolute atomic E-state index is 11.7. The first-order valence-corrected chi connectivity index (χ1v) is 6.17. The summed E-state index contributed by atoms with van der Waals surface area (Å²) in [4.78, 5) is 11.7. The summed E-state index contributed by atoms with van der Waals surface area (Å²) in [6.07, 6.45) is 2.21. The summed E-state index contributed by atoms with van der Waals surface area (Å²) in [6, 6.07) is 0.383. The maximum Gasteiger partial charge on any atom is 0.412 e. The van der Waals surface area contributed by atoms with Crippen molar-refractivity contribution in [2.45, 2.75) is 52.3 Å². The molecular formula is C12H20N4O2. The van der Waals surface area contributed by atoms with Crippen molar-refractivity contribution in [1.82, 2.24) is 9.78 Å². The zero-order chi connectivity index (χ0) is 13.3. The number of aryl methyl sites for hydroxylation is 1. The number of hydrogen-bond acceptors (Lipinski definition) is 4. The summed E-state index contributed by atoms with van der Waals surface area (Å²) in [5, 5.41) is 10.3. The highest BCUT2D eigenvalue weighted by atomic mass is 16.6. The van der Waals surface area contributed by atoms with E-state index in [1.54, 1.807) is 6.20 Å². The van der Waals surface area contributed by atoms with Gasteiger partial charge < -0.3 is 10.1 Å². The lowest BCUT2D eigenvalue weighted by atomic mass is 10.2. The monoisotopic (exact) mass is 252 g/mol. The highest BCUT2D eigenvalue weighted by Gasteiger charge is 2.22. The molecule has 1 aliphatic heterocycles. The van der Waals surface area contributed by atoms with Crippen LogP contribution in [-0.4, -0.2) is 27.5 Å². The fourth-order valence-electron chi connectivity index (χ4n) is 1.83. The number of rotatable bonds is 1. The number of fused-ring (bicyclic) bond motifs is 1. The molecule has 6 nitrogen and oxygen atoms in total. The number of aromatic nitrogens is 2. The Hall–Kier alpha value is -1.72. The van der Waals surface area contributed by atoms with Crippen molar-refractivity contribution >= 4 is 17.6 Å². The molecule has 0 bridgehead atoms. The second-order valence-electron chi connectivity index (χ2n) is 5.59. The highest BCUT2D eigenvalue weighted by molar-refractivity contribution is 5.88. The lowest BCUT2D eigenvalue weighted by Gasteiger charge is -2.24. The molecule has 2 rings (SSSR count). The molecule has 2 N–H and O–H groups in total. The van der Waals surface area contributed by atoms with Crippen molar-refractivity contribution in [2.24, 2.45) is 0 Å². The van der Waals surface area contributed by atoms with Crippen LogP contribution >= 0.6 is 0 Å². The molecule has 18 heavy (non-hydrogen) atoms. The van der Waals surface area contributed by atoms with E-state index in [0.29, 0.717) is 11.7 Å². The van der Waals surface area contributed by atoms with Gasteiger partial charge in [0.15, 0.2) is 0 Å². The van der Waals surface area contributed by atoms with Gasteiger partial charge in [-0.15, -0.1) is 0 Å². The summed E-state index contributed by atoms with van der Waals surface area (Å²) in [7, 11) is 0. The van der Waals surface area contributed by atoms with Crippen molar-refractivity contribution in [1.29, 1.82) is 0 Å². The van der Waals surface area contributed by atoms with Gasteiger partial charge in [-0.05, 0) is 34.1 Å². The van der Waals surface area contributed by atoms with Crippen LogP contribution in [0.3, 0.4) is 0 Å². The quantitative estimate of drug-likeness (QED) is 0.805. The average Bonchev–Trinajstić information content (AvgIpc) is 2.58. The SMILES string of the molecule is CC1CCn2ncc(NC(=O)OC(C)(C)C)c2N1. The molecule has 1 aromatic rings. The molecule has 0 spiro atoms. The van der Waals surface area contributed by atoms with Gasteiger partial charge in [-0.2, -0.15) is 5.10 Å². The molecule has 6 heteroatoms. The first kappa shape index (κ1) is 12.7. The summed E-state index contributed by atoms with van der Waals surface area (Å²) < 4.78 is 7.07. The Morgan fingerprint density at radius 3 is 3.00 bits per heavy atom. The van der Waals surface area contributed by atoms with Crippen molar-refractivity contribution < 1.29 is 9.53 Å². The molecule has 0 saturated carbocycles. The van der Waals surface area contributed by atoms with E-state index in [9.17, 15) is 4.79 Å². The van der Waals surface area contributed by atoms with Crippen molar-refractivity contribution in [2.75, 3.05) is 10.6 Å². The largest absolute Gasteiger partial charge is 0.444 e. The van der Waals surface area contributed by atoms with Crippen LogP contribution in [0.25, 0.3) is 0 Å². The van der Waals surface area contributed by atoms with Gasteiger partial charge >= 0.3 is 6.09 Å². The lowest BCUT2D eigenvalue weighted by Crippen LogP contribution is -2.29. The van der Waals surface area contributed by atoms with Gasteiger partial charge in [0.2, 0.25) is 0 Å². The van der Waals surface area contributed by atoms with Gasteiger partial charge in [0.25, 0.3) is 0 Å². The molecule has 1 amide bonds. The molecule has 1 aromatic heterocycles. The van der Waals surface area contributed by atoms with Crippen LogP contribution in [0.4, 0.5) is 16.3 Å². The van der Waals surface area contributed by atoms with E-state index in [0.717, 1.165) is 18.8 Å². The van der Waals surface area contributed by atoms with Crippen molar-refractivity contribution in [3.8, 4) is 0 Å². The summed E-state index contributed by atoms with van der Waals surface area (Å²) >= 11 is 0. The first-order chi connectivity index (χ1) is 8.35. The van der Waals surface area contributed by atoms with E-state index < -0.39 is 11.7 Å². The molecule has 0 saturated heterocycles. The Bertz CT molecular complexity index is 447. The second-order valence-corrected chi connectivity index (χ2v) is 5.59. The predicted octanol–water partition coefficient (Wildman–Crippen LogP) is 2.43. The van der Waals surface area contributed by atoms with E-state index in [1.165, 1.54) is 0 Å². The molecule has 2 heterocycles. The Balaban J connectivity index is 2.07. The number of carbonyl (C=O) groups is 1. The Labute approximate surface area is 107 Å². The van der Waals surface area contributed by atoms with Gasteiger partial charge in [0.1, 0.15) is 17.1 Å². The Kier molecular flexibility index (Phi) is 3.19. The fourth-order valence-corrected chi connectivity index (χ4v) is 1.83. The zero-order valence-corrected chi connectivity index (χ0v) is 11.3. The summed E-state index contributed by atoms with van der Waals surface area (Å²) in [6.45, 7) is 8.47. The smallest absolute Gasteiger partial charge is 0.412 e. The van der Waals surface area contributed by atoms with Crippen LogP contribution in [0, 0.1) is 0 Å². The minimum Gasteiger partial charge on any atom is -0.444 e. The van der Waals surface area contributed by atoms with Crippen LogP contribution in [0.2, 0.25) is 0 Å². The lowest BCUT2D eigenvalue weighted by molar-refractivity contribution is 0.0636. The molecule has 1 aliphatic rings. The van der Waals surface area contributed by atoms with E-state index in [1.807, 2.05) is 25.5 Å². The predicted molar refractivity (Wildman–Crippen MR) is 69.8 cm³/mol. The van der Waals surface area contributed by atoms with Crippen LogP contribution in [-0.2, 0) is 11.3 Å². The second kappa shape index (κ2) is 4.51. The van der Waals surface area contributed by atoms with E-state index in [4.69, 9.17) is 4.74 Å². The molecule has 0 radical (unpaired) electrons. The summed E-state index contributed by atoms with van der Waals surface area (Å²) in [5.41, 5.74) is 0.161. The van der Waals surface area contributed by atoms with E-state index >= 15 is 0 Å². The molecule has 1 unspecified atom stereocenters. The minimum absolute atomic E-state index is 0.383. The van der Waals surface area contributed by atoms with Crippen LogP contribution in [0.1, 0.15) is 34.1 Å². The first-order valence-electron chi connectivity index (χ1n) is 6.17. The van der Waals surface area contributed by atoms with Crippen LogP contribution in [0.15, 0.2) is 6.20 Å². The van der Waals surface area contributed by atoms with E-state index in [-0.39, 0.29) is 0 Å². The Morgan fingerprint density at radius 1 is 1.61 bits per heavy atom. The molecule has 0 aromatic carbocycles.